The number of pyridine rings is 1. The number of benzene rings is 1. The Balaban J connectivity index is 1.54. The van der Waals surface area contributed by atoms with Gasteiger partial charge < -0.3 is 4.74 Å². The highest BCUT2D eigenvalue weighted by Gasteiger charge is 2.51. The average molecular weight is 376 g/mol. The van der Waals surface area contributed by atoms with Gasteiger partial charge in [0.05, 0.1) is 11.6 Å². The Labute approximate surface area is 151 Å². The number of nitrogens with zero attached hydrogens (tertiary/aromatic N) is 3. The lowest BCUT2D eigenvalue weighted by atomic mass is 10.0. The van der Waals surface area contributed by atoms with Gasteiger partial charge in [-0.25, -0.2) is 4.39 Å². The van der Waals surface area contributed by atoms with E-state index in [0.717, 1.165) is 35.7 Å². The summed E-state index contributed by atoms with van der Waals surface area (Å²) in [6, 6.07) is 8.08. The number of hydrogen-bond acceptors (Lipinski definition) is 3. The van der Waals surface area contributed by atoms with Gasteiger partial charge in [0.25, 0.3) is 0 Å². The van der Waals surface area contributed by atoms with Crippen molar-refractivity contribution < 1.29 is 9.13 Å². The van der Waals surface area contributed by atoms with Crippen molar-refractivity contribution in [3.63, 3.8) is 0 Å². The summed E-state index contributed by atoms with van der Waals surface area (Å²) in [5.41, 5.74) is 3.76. The molecule has 2 aromatic heterocycles. The summed E-state index contributed by atoms with van der Waals surface area (Å²) in [7, 11) is 2.28. The molecule has 128 valence electrons. The third kappa shape index (κ3) is 2.52. The fourth-order valence-corrected chi connectivity index (χ4v) is 4.17. The fourth-order valence-electron chi connectivity index (χ4n) is 3.47. The molecule has 4 nitrogen and oxygen atoms in total. The van der Waals surface area contributed by atoms with E-state index in [9.17, 15) is 4.39 Å². The number of ether oxygens (including phenoxy) is 1. The average Bonchev–Trinajstić information content (AvgIpc) is 2.98. The third-order valence-electron chi connectivity index (χ3n) is 5.10. The molecule has 2 aliphatic rings. The predicted octanol–water partition coefficient (Wildman–Crippen LogP) is 4.09. The highest BCUT2D eigenvalue weighted by molar-refractivity contribution is 7.19. The highest BCUT2D eigenvalue weighted by Crippen LogP contribution is 2.54. The molecular formula is C18H16ClFN3OP. The van der Waals surface area contributed by atoms with Gasteiger partial charge in [-0.15, -0.1) is 10.2 Å². The van der Waals surface area contributed by atoms with E-state index in [2.05, 4.69) is 25.5 Å². The van der Waals surface area contributed by atoms with Crippen LogP contribution in [0.4, 0.5) is 4.39 Å². The van der Waals surface area contributed by atoms with Crippen molar-refractivity contribution >= 4 is 26.5 Å². The zero-order valence-corrected chi connectivity index (χ0v) is 15.3. The Hall–Kier alpha value is -1.71. The maximum atomic E-state index is 13.8. The number of fused-ring (bicyclic) bond motifs is 2. The highest BCUT2D eigenvalue weighted by atomic mass is 35.5. The minimum atomic E-state index is -1.15. The number of halogens is 2. The second kappa shape index (κ2) is 5.39. The Morgan fingerprint density at radius 3 is 3.00 bits per heavy atom. The van der Waals surface area contributed by atoms with Gasteiger partial charge in [0.2, 0.25) is 0 Å². The standard InChI is InChI=1S/C18H16ClFN3OP/c19-16-13(10-1-2-14-11(7-10)4-6-24-14)3-5-23-15(21-22-17(16)23)8-12-9-18(12,20)25/h1-3,5,7,12H,4,6,8-9,25H2. The second-order valence-electron chi connectivity index (χ2n) is 6.81. The van der Waals surface area contributed by atoms with Crippen LogP contribution in [0.1, 0.15) is 17.8 Å². The molecule has 3 aromatic rings. The molecule has 1 aliphatic heterocycles. The molecule has 3 atom stereocenters. The van der Waals surface area contributed by atoms with Gasteiger partial charge in [0.15, 0.2) is 5.65 Å². The molecule has 3 heterocycles. The molecule has 0 N–H and O–H groups in total. The van der Waals surface area contributed by atoms with Crippen LogP contribution in [0.2, 0.25) is 5.02 Å². The van der Waals surface area contributed by atoms with Crippen LogP contribution in [0.3, 0.4) is 0 Å². The molecule has 1 aromatic carbocycles. The van der Waals surface area contributed by atoms with E-state index < -0.39 is 5.41 Å². The molecule has 3 unspecified atom stereocenters. The van der Waals surface area contributed by atoms with Gasteiger partial charge >= 0.3 is 0 Å². The Kier molecular flexibility index (Phi) is 3.35. The van der Waals surface area contributed by atoms with Gasteiger partial charge in [-0.3, -0.25) is 4.40 Å². The van der Waals surface area contributed by atoms with Crippen LogP contribution in [0.15, 0.2) is 30.5 Å². The van der Waals surface area contributed by atoms with Crippen molar-refractivity contribution in [1.29, 1.82) is 0 Å². The first-order valence-electron chi connectivity index (χ1n) is 8.29. The Morgan fingerprint density at radius 1 is 1.36 bits per heavy atom. The van der Waals surface area contributed by atoms with Crippen LogP contribution >= 0.6 is 20.8 Å². The van der Waals surface area contributed by atoms with Crippen molar-refractivity contribution in [2.24, 2.45) is 5.92 Å². The van der Waals surface area contributed by atoms with Crippen molar-refractivity contribution in [2.45, 2.75) is 24.7 Å². The number of alkyl halides is 1. The van der Waals surface area contributed by atoms with Crippen LogP contribution in [-0.4, -0.2) is 26.6 Å². The van der Waals surface area contributed by atoms with Crippen molar-refractivity contribution in [3.8, 4) is 16.9 Å². The van der Waals surface area contributed by atoms with E-state index in [0.29, 0.717) is 23.5 Å². The zero-order valence-electron chi connectivity index (χ0n) is 13.4. The fraction of sp³-hybridized carbons (Fsp3) is 0.333. The first kappa shape index (κ1) is 15.5. The van der Waals surface area contributed by atoms with Crippen LogP contribution in [0.5, 0.6) is 5.75 Å². The third-order valence-corrected chi connectivity index (χ3v) is 6.18. The summed E-state index contributed by atoms with van der Waals surface area (Å²) >= 11 is 6.62. The summed E-state index contributed by atoms with van der Waals surface area (Å²) in [6.07, 6.45) is 3.95. The van der Waals surface area contributed by atoms with Crippen LogP contribution in [0, 0.1) is 5.92 Å². The summed E-state index contributed by atoms with van der Waals surface area (Å²) in [4.78, 5) is 0. The number of aromatic nitrogens is 3. The van der Waals surface area contributed by atoms with Crippen molar-refractivity contribution in [2.75, 3.05) is 6.61 Å². The Bertz CT molecular complexity index is 1000. The van der Waals surface area contributed by atoms with Gasteiger partial charge in [-0.05, 0) is 35.7 Å². The summed E-state index contributed by atoms with van der Waals surface area (Å²) in [6.45, 7) is 0.728. The van der Waals surface area contributed by atoms with Gasteiger partial charge in [-0.1, -0.05) is 26.9 Å². The summed E-state index contributed by atoms with van der Waals surface area (Å²) < 4.78 is 21.2. The first-order chi connectivity index (χ1) is 12.0. The normalized spacial score (nSPS) is 24.4. The van der Waals surface area contributed by atoms with E-state index >= 15 is 0 Å². The van der Waals surface area contributed by atoms with Crippen molar-refractivity contribution in [1.82, 2.24) is 14.6 Å². The predicted molar refractivity (Wildman–Crippen MR) is 98.0 cm³/mol. The monoisotopic (exact) mass is 375 g/mol. The van der Waals surface area contributed by atoms with E-state index in [4.69, 9.17) is 16.3 Å². The number of hydrogen-bond donors (Lipinski definition) is 0. The van der Waals surface area contributed by atoms with Crippen LogP contribution in [-0.2, 0) is 12.8 Å². The largest absolute Gasteiger partial charge is 0.493 e. The minimum absolute atomic E-state index is 0.0138. The van der Waals surface area contributed by atoms with Gasteiger partial charge in [0.1, 0.15) is 17.0 Å². The lowest BCUT2D eigenvalue weighted by Crippen LogP contribution is -2.01. The van der Waals surface area contributed by atoms with Gasteiger partial charge in [-0.2, -0.15) is 0 Å². The smallest absolute Gasteiger partial charge is 0.180 e. The molecule has 0 spiro atoms. The van der Waals surface area contributed by atoms with Crippen molar-refractivity contribution in [3.05, 3.63) is 46.9 Å². The van der Waals surface area contributed by atoms with Crippen LogP contribution < -0.4 is 4.74 Å². The lowest BCUT2D eigenvalue weighted by Gasteiger charge is -2.08. The molecular weight excluding hydrogens is 360 g/mol. The topological polar surface area (TPSA) is 39.4 Å². The Morgan fingerprint density at radius 2 is 2.20 bits per heavy atom. The van der Waals surface area contributed by atoms with Crippen LogP contribution in [0.25, 0.3) is 16.8 Å². The van der Waals surface area contributed by atoms with E-state index in [-0.39, 0.29) is 5.92 Å². The molecule has 7 heteroatoms. The zero-order chi connectivity index (χ0) is 17.2. The molecule has 1 fully saturated rings. The maximum Gasteiger partial charge on any atom is 0.180 e. The SMILES string of the molecule is FC1(P)CC1Cc1nnc2c(Cl)c(-c3ccc4c(c3)CCO4)ccn12. The molecule has 1 aliphatic carbocycles. The quantitative estimate of drug-likeness (QED) is 0.647. The molecule has 0 radical (unpaired) electrons. The van der Waals surface area contributed by atoms with E-state index in [1.165, 1.54) is 5.56 Å². The second-order valence-corrected chi connectivity index (χ2v) is 8.14. The maximum absolute atomic E-state index is 13.8. The molecule has 0 bridgehead atoms. The summed E-state index contributed by atoms with van der Waals surface area (Å²) in [5, 5.41) is 7.87. The molecule has 1 saturated carbocycles. The minimum Gasteiger partial charge on any atom is -0.493 e. The molecule has 0 amide bonds. The lowest BCUT2D eigenvalue weighted by molar-refractivity contribution is 0.357. The van der Waals surface area contributed by atoms with E-state index in [1.54, 1.807) is 0 Å². The summed E-state index contributed by atoms with van der Waals surface area (Å²) in [5.74, 6) is 1.68. The molecule has 25 heavy (non-hydrogen) atoms. The number of rotatable bonds is 3. The molecule has 5 rings (SSSR count). The first-order valence-corrected chi connectivity index (χ1v) is 9.24. The van der Waals surface area contributed by atoms with E-state index in [1.807, 2.05) is 28.8 Å². The molecule has 0 saturated heterocycles. The van der Waals surface area contributed by atoms with Gasteiger partial charge in [0, 0.05) is 30.5 Å².